The monoisotopic (exact) mass is 386 g/mol. The Balaban J connectivity index is 1.90. The van der Waals surface area contributed by atoms with Gasteiger partial charge >= 0.3 is 0 Å². The second-order valence-electron chi connectivity index (χ2n) is 5.98. The van der Waals surface area contributed by atoms with Crippen LogP contribution >= 0.6 is 0 Å². The number of alkyl halides is 2. The molecule has 1 aromatic heterocycles. The van der Waals surface area contributed by atoms with Gasteiger partial charge in [-0.15, -0.1) is 0 Å². The van der Waals surface area contributed by atoms with E-state index >= 15 is 0 Å². The minimum absolute atomic E-state index is 0.147. The highest BCUT2D eigenvalue weighted by Crippen LogP contribution is 2.34. The largest absolute Gasteiger partial charge is 0.378 e. The highest BCUT2D eigenvalue weighted by Gasteiger charge is 2.31. The first kappa shape index (κ1) is 18.9. The molecule has 2 atom stereocenters. The molecule has 0 aliphatic carbocycles. The van der Waals surface area contributed by atoms with Gasteiger partial charge in [0, 0.05) is 25.5 Å². The van der Waals surface area contributed by atoms with E-state index < -0.39 is 22.4 Å². The van der Waals surface area contributed by atoms with Gasteiger partial charge in [-0.05, 0) is 25.0 Å². The molecule has 0 saturated carbocycles. The second kappa shape index (κ2) is 7.39. The van der Waals surface area contributed by atoms with Gasteiger partial charge < -0.3 is 9.47 Å². The molecule has 3 N–H and O–H groups in total. The molecule has 3 rings (SSSR count). The van der Waals surface area contributed by atoms with Gasteiger partial charge in [0.2, 0.25) is 0 Å². The molecule has 7 nitrogen and oxygen atoms in total. The van der Waals surface area contributed by atoms with Crippen LogP contribution in [0.5, 0.6) is 0 Å². The van der Waals surface area contributed by atoms with Crippen LogP contribution in [-0.4, -0.2) is 34.7 Å². The Hall–Kier alpha value is -1.88. The van der Waals surface area contributed by atoms with Crippen LogP contribution in [0.25, 0.3) is 0 Å². The minimum Gasteiger partial charge on any atom is -0.378 e. The zero-order valence-corrected chi connectivity index (χ0v) is 15.0. The average molecular weight is 386 g/mol. The molecule has 1 aliphatic heterocycles. The summed E-state index contributed by atoms with van der Waals surface area (Å²) < 4.78 is 54.7. The Kier molecular flexibility index (Phi) is 5.37. The summed E-state index contributed by atoms with van der Waals surface area (Å²) in [7, 11) is -2.13. The summed E-state index contributed by atoms with van der Waals surface area (Å²) in [5.41, 5.74) is 0.642. The Labute approximate surface area is 150 Å². The van der Waals surface area contributed by atoms with Gasteiger partial charge in [-0.3, -0.25) is 5.10 Å². The van der Waals surface area contributed by atoms with E-state index in [1.54, 1.807) is 0 Å². The van der Waals surface area contributed by atoms with Crippen molar-refractivity contribution in [2.24, 2.45) is 9.50 Å². The summed E-state index contributed by atoms with van der Waals surface area (Å²) in [6.07, 6.45) is 2.98. The third-order valence-electron chi connectivity index (χ3n) is 4.06. The number of rotatable bonds is 6. The average Bonchev–Trinajstić information content (AvgIpc) is 3.26. The predicted octanol–water partition coefficient (Wildman–Crippen LogP) is 3.03. The van der Waals surface area contributed by atoms with Crippen molar-refractivity contribution in [1.29, 1.82) is 0 Å². The quantitative estimate of drug-likeness (QED) is 0.796. The van der Waals surface area contributed by atoms with Gasteiger partial charge in [0.05, 0.1) is 4.90 Å². The molecule has 2 unspecified atom stereocenters. The molecular weight excluding hydrogens is 366 g/mol. The minimum atomic E-state index is -3.33. The number of halogens is 2. The highest BCUT2D eigenvalue weighted by molar-refractivity contribution is 7.91. The molecular formula is C16H20F2N4O3S. The topological polar surface area (TPSA) is 103 Å². The van der Waals surface area contributed by atoms with Crippen molar-refractivity contribution < 1.29 is 22.5 Å². The number of hydrogen-bond acceptors (Lipinski definition) is 5. The van der Waals surface area contributed by atoms with E-state index in [9.17, 15) is 13.0 Å². The first-order chi connectivity index (χ1) is 12.3. The highest BCUT2D eigenvalue weighted by atomic mass is 32.2. The van der Waals surface area contributed by atoms with E-state index in [1.807, 2.05) is 0 Å². The Morgan fingerprint density at radius 1 is 1.46 bits per heavy atom. The Morgan fingerprint density at radius 2 is 2.19 bits per heavy atom. The van der Waals surface area contributed by atoms with Crippen molar-refractivity contribution in [3.63, 3.8) is 0 Å². The Morgan fingerprint density at radius 3 is 2.81 bits per heavy atom. The van der Waals surface area contributed by atoms with Crippen LogP contribution in [0.1, 0.15) is 30.2 Å². The third kappa shape index (κ3) is 3.93. The van der Waals surface area contributed by atoms with Crippen LogP contribution in [0.3, 0.4) is 0 Å². The molecule has 1 saturated heterocycles. The molecule has 1 aromatic carbocycles. The summed E-state index contributed by atoms with van der Waals surface area (Å²) in [6, 6.07) is 4.92. The van der Waals surface area contributed by atoms with Crippen molar-refractivity contribution >= 4 is 15.6 Å². The van der Waals surface area contributed by atoms with E-state index in [1.165, 1.54) is 37.6 Å². The molecule has 10 heteroatoms. The molecule has 0 amide bonds. The zero-order valence-electron chi connectivity index (χ0n) is 14.2. The number of H-pyrrole nitrogens is 1. The van der Waals surface area contributed by atoms with Gasteiger partial charge in [-0.2, -0.15) is 18.2 Å². The molecule has 26 heavy (non-hydrogen) atoms. The molecule has 0 bridgehead atoms. The van der Waals surface area contributed by atoms with Crippen molar-refractivity contribution in [2.75, 3.05) is 20.3 Å². The van der Waals surface area contributed by atoms with Crippen molar-refractivity contribution in [1.82, 2.24) is 10.2 Å². The summed E-state index contributed by atoms with van der Waals surface area (Å²) >= 11 is 0. The number of benzene rings is 1. The van der Waals surface area contributed by atoms with Gasteiger partial charge in [0.15, 0.2) is 0 Å². The molecule has 1 aliphatic rings. The lowest BCUT2D eigenvalue weighted by Gasteiger charge is -2.16. The van der Waals surface area contributed by atoms with E-state index in [-0.39, 0.29) is 16.6 Å². The fourth-order valence-corrected chi connectivity index (χ4v) is 3.82. The van der Waals surface area contributed by atoms with Crippen LogP contribution in [0, 0.1) is 0 Å². The lowest BCUT2D eigenvalue weighted by molar-refractivity contribution is -0.0698. The molecule has 2 aromatic rings. The van der Waals surface area contributed by atoms with Gasteiger partial charge in [-0.1, -0.05) is 12.1 Å². The molecule has 2 heterocycles. The van der Waals surface area contributed by atoms with Crippen LogP contribution in [-0.2, 0) is 25.3 Å². The summed E-state index contributed by atoms with van der Waals surface area (Å²) in [4.78, 5) is 0.147. The van der Waals surface area contributed by atoms with Crippen LogP contribution in [0.2, 0.25) is 0 Å². The number of aromatic amines is 1. The van der Waals surface area contributed by atoms with Crippen molar-refractivity contribution in [3.8, 4) is 0 Å². The van der Waals surface area contributed by atoms with Gasteiger partial charge in [0.1, 0.15) is 34.0 Å². The van der Waals surface area contributed by atoms with E-state index in [4.69, 9.17) is 9.88 Å². The molecule has 0 radical (unpaired) electrons. The summed E-state index contributed by atoms with van der Waals surface area (Å²) in [5, 5.41) is 12.7. The summed E-state index contributed by atoms with van der Waals surface area (Å²) in [5.74, 6) is -3.14. The number of aromatic nitrogens is 2. The Bertz CT molecular complexity index is 870. The van der Waals surface area contributed by atoms with Gasteiger partial charge in [-0.25, -0.2) is 9.35 Å². The van der Waals surface area contributed by atoms with Crippen LogP contribution in [0.15, 0.2) is 39.7 Å². The maximum Gasteiger partial charge on any atom is 0.296 e. The standard InChI is InChI=1S/C16H20F2N4O3S/c1-24-10-16(17,18)11-4-6-12(7-5-11)26(19,23)22-13-9-20-21-15(13)14-3-2-8-25-14/h4-7,9,14H,2-3,8,10H2,1H3,(H,20,21)(H2,19,22,23). The lowest BCUT2D eigenvalue weighted by atomic mass is 10.1. The number of hydrogen-bond donors (Lipinski definition) is 2. The lowest BCUT2D eigenvalue weighted by Crippen LogP contribution is -2.20. The molecule has 1 fully saturated rings. The van der Waals surface area contributed by atoms with Crippen molar-refractivity contribution in [3.05, 3.63) is 41.7 Å². The second-order valence-corrected chi connectivity index (χ2v) is 7.77. The van der Waals surface area contributed by atoms with Crippen molar-refractivity contribution in [2.45, 2.75) is 29.8 Å². The smallest absolute Gasteiger partial charge is 0.296 e. The fraction of sp³-hybridized carbons (Fsp3) is 0.438. The molecule has 0 spiro atoms. The van der Waals surface area contributed by atoms with Crippen LogP contribution < -0.4 is 5.14 Å². The number of nitrogens with two attached hydrogens (primary N) is 1. The maximum atomic E-state index is 13.8. The van der Waals surface area contributed by atoms with Gasteiger partial charge in [0.25, 0.3) is 5.92 Å². The SMILES string of the molecule is COCC(F)(F)c1ccc(S(N)(=O)=Nc2c[nH]nc2C2CCCO2)cc1. The zero-order chi connectivity index (χ0) is 18.8. The number of ether oxygens (including phenoxy) is 2. The normalized spacial score (nSPS) is 20.1. The van der Waals surface area contributed by atoms with E-state index in [0.29, 0.717) is 18.0 Å². The maximum absolute atomic E-state index is 13.8. The third-order valence-corrected chi connectivity index (χ3v) is 5.47. The molecule has 142 valence electrons. The van der Waals surface area contributed by atoms with Crippen LogP contribution in [0.4, 0.5) is 14.5 Å². The first-order valence-electron chi connectivity index (χ1n) is 8.01. The fourth-order valence-electron chi connectivity index (χ4n) is 2.75. The van der Waals surface area contributed by atoms with E-state index in [2.05, 4.69) is 19.3 Å². The van der Waals surface area contributed by atoms with E-state index in [0.717, 1.165) is 12.8 Å². The number of nitrogens with zero attached hydrogens (tertiary/aromatic N) is 2. The number of methoxy groups -OCH3 is 1. The first-order valence-corrected chi connectivity index (χ1v) is 9.59. The summed E-state index contributed by atoms with van der Waals surface area (Å²) in [6.45, 7) is -0.111. The predicted molar refractivity (Wildman–Crippen MR) is 91.4 cm³/mol. The number of nitrogens with one attached hydrogen (secondary N) is 1.